The molecule has 4 nitrogen and oxygen atoms in total. The number of hydrogen-bond acceptors (Lipinski definition) is 4. The molecule has 4 heterocycles. The van der Waals surface area contributed by atoms with Gasteiger partial charge in [0.25, 0.3) is 0 Å². The average Bonchev–Trinajstić information content (AvgIpc) is 3.55. The lowest BCUT2D eigenvalue weighted by atomic mass is 9.93. The van der Waals surface area contributed by atoms with Gasteiger partial charge in [-0.3, -0.25) is 9.88 Å². The molecule has 3 aliphatic rings. The zero-order valence-electron chi connectivity index (χ0n) is 19.9. The van der Waals surface area contributed by atoms with Crippen LogP contribution in [0, 0.1) is 18.8 Å². The van der Waals surface area contributed by atoms with E-state index >= 15 is 0 Å². The SMILES string of the molecule is Cc1cc(-c2nn(Cl)c3ccc(C4C[C@@H]5CN(C6CSc7ccccc7C6)C[C@@H]5C4)cc23)ccn1. The van der Waals surface area contributed by atoms with Crippen LogP contribution in [0.1, 0.15) is 35.6 Å². The van der Waals surface area contributed by atoms with E-state index in [0.717, 1.165) is 39.7 Å². The van der Waals surface area contributed by atoms with Crippen LogP contribution in [0.2, 0.25) is 0 Å². The molecule has 0 spiro atoms. The maximum atomic E-state index is 6.46. The average molecular weight is 501 g/mol. The van der Waals surface area contributed by atoms with Crippen molar-refractivity contribution in [1.29, 1.82) is 0 Å². The predicted molar refractivity (Wildman–Crippen MR) is 144 cm³/mol. The van der Waals surface area contributed by atoms with Crippen molar-refractivity contribution < 1.29 is 0 Å². The van der Waals surface area contributed by atoms with Crippen LogP contribution in [0.5, 0.6) is 0 Å². The molecule has 2 aromatic carbocycles. The van der Waals surface area contributed by atoms with Crippen LogP contribution in [0.25, 0.3) is 22.2 Å². The minimum Gasteiger partial charge on any atom is -0.299 e. The summed E-state index contributed by atoms with van der Waals surface area (Å²) >= 11 is 8.51. The smallest absolute Gasteiger partial charge is 0.102 e. The van der Waals surface area contributed by atoms with Gasteiger partial charge in [-0.05, 0) is 85.4 Å². The summed E-state index contributed by atoms with van der Waals surface area (Å²) in [5, 5.41) is 5.79. The number of fused-ring (bicyclic) bond motifs is 3. The van der Waals surface area contributed by atoms with Gasteiger partial charge >= 0.3 is 0 Å². The number of benzene rings is 2. The molecule has 7 rings (SSSR count). The number of halogens is 1. The molecule has 35 heavy (non-hydrogen) atoms. The first kappa shape index (κ1) is 21.9. The van der Waals surface area contributed by atoms with Crippen LogP contribution in [0.4, 0.5) is 0 Å². The van der Waals surface area contributed by atoms with Crippen molar-refractivity contribution in [2.24, 2.45) is 11.8 Å². The Hall–Kier alpha value is -2.34. The van der Waals surface area contributed by atoms with E-state index in [1.165, 1.54) is 58.3 Å². The van der Waals surface area contributed by atoms with Gasteiger partial charge in [-0.1, -0.05) is 24.3 Å². The number of nitrogens with zero attached hydrogens (tertiary/aromatic N) is 4. The zero-order valence-corrected chi connectivity index (χ0v) is 21.5. The minimum absolute atomic E-state index is 0.628. The van der Waals surface area contributed by atoms with Gasteiger partial charge in [0, 0.05) is 64.4 Å². The predicted octanol–water partition coefficient (Wildman–Crippen LogP) is 6.55. The van der Waals surface area contributed by atoms with Crippen LogP contribution in [-0.4, -0.2) is 44.1 Å². The first-order chi connectivity index (χ1) is 17.1. The summed E-state index contributed by atoms with van der Waals surface area (Å²) < 4.78 is 1.49. The van der Waals surface area contributed by atoms with Crippen LogP contribution in [0.3, 0.4) is 0 Å². The number of aromatic nitrogens is 3. The Labute approximate surface area is 215 Å². The van der Waals surface area contributed by atoms with Crippen molar-refractivity contribution in [2.75, 3.05) is 18.8 Å². The summed E-state index contributed by atoms with van der Waals surface area (Å²) in [6.07, 6.45) is 5.65. The highest BCUT2D eigenvalue weighted by atomic mass is 35.5. The fraction of sp³-hybridized carbons (Fsp3) is 0.379. The highest BCUT2D eigenvalue weighted by molar-refractivity contribution is 7.99. The summed E-state index contributed by atoms with van der Waals surface area (Å²) in [5.74, 6) is 3.49. The summed E-state index contributed by atoms with van der Waals surface area (Å²) in [5.41, 5.74) is 6.96. The van der Waals surface area contributed by atoms with E-state index in [2.05, 4.69) is 63.5 Å². The van der Waals surface area contributed by atoms with Gasteiger partial charge < -0.3 is 0 Å². The van der Waals surface area contributed by atoms with Crippen molar-refractivity contribution in [3.63, 3.8) is 0 Å². The van der Waals surface area contributed by atoms with Crippen molar-refractivity contribution in [3.05, 3.63) is 77.6 Å². The molecule has 0 N–H and O–H groups in total. The molecule has 2 fully saturated rings. The summed E-state index contributed by atoms with van der Waals surface area (Å²) in [4.78, 5) is 8.63. The molecular weight excluding hydrogens is 472 g/mol. The Balaban J connectivity index is 1.09. The molecular formula is C29H29ClN4S. The third kappa shape index (κ3) is 3.89. The largest absolute Gasteiger partial charge is 0.299 e. The van der Waals surface area contributed by atoms with Crippen molar-refractivity contribution in [3.8, 4) is 11.3 Å². The van der Waals surface area contributed by atoms with Gasteiger partial charge in [-0.25, -0.2) is 0 Å². The molecule has 6 heteroatoms. The second-order valence-electron chi connectivity index (χ2n) is 10.6. The third-order valence-corrected chi connectivity index (χ3v) is 9.98. The first-order valence-electron chi connectivity index (χ1n) is 12.7. The van der Waals surface area contributed by atoms with Crippen LogP contribution >= 0.6 is 23.5 Å². The highest BCUT2D eigenvalue weighted by Gasteiger charge is 2.43. The molecule has 178 valence electrons. The number of aryl methyl sites for hydroxylation is 1. The van der Waals surface area contributed by atoms with E-state index in [1.54, 1.807) is 0 Å². The number of hydrogen-bond donors (Lipinski definition) is 0. The van der Waals surface area contributed by atoms with E-state index in [-0.39, 0.29) is 0 Å². The molecule has 1 aliphatic carbocycles. The molecule has 0 bridgehead atoms. The monoisotopic (exact) mass is 500 g/mol. The maximum Gasteiger partial charge on any atom is 0.102 e. The lowest BCUT2D eigenvalue weighted by molar-refractivity contribution is 0.237. The Morgan fingerprint density at radius 1 is 1.00 bits per heavy atom. The fourth-order valence-corrected chi connectivity index (χ4v) is 8.15. The first-order valence-corrected chi connectivity index (χ1v) is 14.0. The maximum absolute atomic E-state index is 6.46. The highest BCUT2D eigenvalue weighted by Crippen LogP contribution is 2.48. The van der Waals surface area contributed by atoms with Crippen LogP contribution in [0.15, 0.2) is 65.7 Å². The topological polar surface area (TPSA) is 34.0 Å². The number of thioether (sulfide) groups is 1. The van der Waals surface area contributed by atoms with Crippen molar-refractivity contribution in [2.45, 2.75) is 43.0 Å². The van der Waals surface area contributed by atoms with Gasteiger partial charge in [-0.2, -0.15) is 9.30 Å². The second-order valence-corrected chi connectivity index (χ2v) is 12.0. The van der Waals surface area contributed by atoms with Gasteiger partial charge in [0.2, 0.25) is 0 Å². The summed E-state index contributed by atoms with van der Waals surface area (Å²) in [6.45, 7) is 4.54. The third-order valence-electron chi connectivity index (χ3n) is 8.46. The molecule has 1 saturated heterocycles. The minimum atomic E-state index is 0.628. The molecule has 2 unspecified atom stereocenters. The standard InChI is InChI=1S/C29H29ClN4S/c1-18-10-21(8-9-31-18)29-26-14-19(6-7-27(26)34(30)32-29)22-11-23-15-33(16-24(23)12-22)25-13-20-4-2-3-5-28(20)35-17-25/h2-10,14,22-25H,11-13,15-17H2,1H3/t22?,23-,24+,25?. The number of pyridine rings is 1. The Bertz CT molecular complexity index is 1400. The van der Waals surface area contributed by atoms with Crippen LogP contribution < -0.4 is 0 Å². The van der Waals surface area contributed by atoms with Gasteiger partial charge in [0.05, 0.1) is 5.52 Å². The fourth-order valence-electron chi connectivity index (χ4n) is 6.71. The molecule has 1 saturated carbocycles. The molecule has 4 aromatic rings. The van der Waals surface area contributed by atoms with E-state index in [1.807, 2.05) is 30.9 Å². The number of rotatable bonds is 3. The van der Waals surface area contributed by atoms with Crippen molar-refractivity contribution in [1.82, 2.24) is 19.2 Å². The lowest BCUT2D eigenvalue weighted by Gasteiger charge is -2.32. The van der Waals surface area contributed by atoms with E-state index in [0.29, 0.717) is 12.0 Å². The van der Waals surface area contributed by atoms with Gasteiger partial charge in [-0.15, -0.1) is 11.8 Å². The Morgan fingerprint density at radius 2 is 1.83 bits per heavy atom. The normalized spacial score (nSPS) is 26.2. The van der Waals surface area contributed by atoms with Crippen molar-refractivity contribution >= 4 is 34.4 Å². The van der Waals surface area contributed by atoms with E-state index < -0.39 is 0 Å². The molecule has 0 amide bonds. The van der Waals surface area contributed by atoms with Gasteiger partial charge in [0.1, 0.15) is 5.69 Å². The molecule has 4 atom stereocenters. The molecule has 2 aliphatic heterocycles. The van der Waals surface area contributed by atoms with Gasteiger partial charge in [0.15, 0.2) is 0 Å². The quantitative estimate of drug-likeness (QED) is 0.319. The summed E-state index contributed by atoms with van der Waals surface area (Å²) in [6, 6.07) is 20.5. The molecule has 2 aromatic heterocycles. The van der Waals surface area contributed by atoms with Crippen LogP contribution in [-0.2, 0) is 6.42 Å². The van der Waals surface area contributed by atoms with E-state index in [4.69, 9.17) is 11.8 Å². The lowest BCUT2D eigenvalue weighted by Crippen LogP contribution is -2.39. The summed E-state index contributed by atoms with van der Waals surface area (Å²) in [7, 11) is 0. The van der Waals surface area contributed by atoms with E-state index in [9.17, 15) is 0 Å². The Morgan fingerprint density at radius 3 is 2.66 bits per heavy atom. The second kappa shape index (κ2) is 8.65. The Kier molecular flexibility index (Phi) is 5.41. The zero-order chi connectivity index (χ0) is 23.5. The molecule has 0 radical (unpaired) electrons. The number of likely N-dealkylation sites (tertiary alicyclic amines) is 1.